The zero-order valence-corrected chi connectivity index (χ0v) is 14.6. The van der Waals surface area contributed by atoms with Gasteiger partial charge in [-0.2, -0.15) is 0 Å². The fraction of sp³-hybridized carbons (Fsp3) is 0.588. The van der Waals surface area contributed by atoms with E-state index in [9.17, 15) is 9.90 Å². The van der Waals surface area contributed by atoms with Crippen LogP contribution in [0.1, 0.15) is 43.8 Å². The molecule has 4 nitrogen and oxygen atoms in total. The number of aliphatic hydroxyl groups excluding tert-OH is 1. The van der Waals surface area contributed by atoms with Gasteiger partial charge in [-0.05, 0) is 31.2 Å². The lowest BCUT2D eigenvalue weighted by molar-refractivity contribution is -0.123. The molecule has 4 atom stereocenters. The first-order chi connectivity index (χ1) is 10.6. The molecule has 1 aliphatic carbocycles. The van der Waals surface area contributed by atoms with Crippen LogP contribution >= 0.6 is 24.0 Å². The van der Waals surface area contributed by atoms with Gasteiger partial charge in [0.15, 0.2) is 0 Å². The van der Waals surface area contributed by atoms with Crippen molar-refractivity contribution >= 4 is 29.9 Å². The molecule has 0 bridgehead atoms. The Morgan fingerprint density at radius 2 is 2.09 bits per heavy atom. The monoisotopic (exact) mass is 358 g/mol. The minimum absolute atomic E-state index is 0. The van der Waals surface area contributed by atoms with Gasteiger partial charge in [0.05, 0.1) is 12.1 Å². The van der Waals surface area contributed by atoms with Crippen LogP contribution < -0.4 is 10.6 Å². The fourth-order valence-corrected chi connectivity index (χ4v) is 3.96. The van der Waals surface area contributed by atoms with Gasteiger partial charge in [-0.1, -0.05) is 42.6 Å². The summed E-state index contributed by atoms with van der Waals surface area (Å²) in [5.74, 6) is 0.624. The average Bonchev–Trinajstić information content (AvgIpc) is 2.97. The summed E-state index contributed by atoms with van der Waals surface area (Å²) < 4.78 is 0. The molecule has 23 heavy (non-hydrogen) atoms. The van der Waals surface area contributed by atoms with Crippen LogP contribution in [0, 0.1) is 5.92 Å². The first kappa shape index (κ1) is 18.5. The van der Waals surface area contributed by atoms with Crippen molar-refractivity contribution < 1.29 is 9.90 Å². The summed E-state index contributed by atoms with van der Waals surface area (Å²) in [5, 5.41) is 17.0. The second-order valence-electron chi connectivity index (χ2n) is 6.39. The van der Waals surface area contributed by atoms with E-state index in [0.29, 0.717) is 22.5 Å². The van der Waals surface area contributed by atoms with Crippen LogP contribution in [0.15, 0.2) is 24.3 Å². The molecular formula is C17H24Cl2N2O2. The molecule has 2 fully saturated rings. The standard InChI is InChI=1S/C17H23ClN2O2.ClH/c18-13-7-3-2-6-12(13)16(21)10-19-17(22)15-9-11-5-1-4-8-14(11)20-15;/h2-3,6-7,11,14-16,20-21H,1,4-5,8-10H2,(H,19,22);1H. The Labute approximate surface area is 148 Å². The number of hydrogen-bond donors (Lipinski definition) is 3. The van der Waals surface area contributed by atoms with E-state index in [1.807, 2.05) is 12.1 Å². The summed E-state index contributed by atoms with van der Waals surface area (Å²) in [4.78, 5) is 12.3. The molecule has 128 valence electrons. The van der Waals surface area contributed by atoms with Crippen molar-refractivity contribution in [1.29, 1.82) is 0 Å². The minimum Gasteiger partial charge on any atom is -0.387 e. The van der Waals surface area contributed by atoms with Crippen molar-refractivity contribution in [1.82, 2.24) is 10.6 Å². The van der Waals surface area contributed by atoms with Crippen LogP contribution in [0.2, 0.25) is 5.02 Å². The molecule has 2 aliphatic rings. The molecule has 4 unspecified atom stereocenters. The van der Waals surface area contributed by atoms with Crippen LogP contribution in [0.4, 0.5) is 0 Å². The molecule has 6 heteroatoms. The molecule has 3 rings (SSSR count). The lowest BCUT2D eigenvalue weighted by Crippen LogP contribution is -2.44. The molecule has 0 radical (unpaired) electrons. The van der Waals surface area contributed by atoms with Crippen molar-refractivity contribution in [3.8, 4) is 0 Å². The van der Waals surface area contributed by atoms with E-state index < -0.39 is 6.10 Å². The average molecular weight is 359 g/mol. The van der Waals surface area contributed by atoms with Gasteiger partial charge in [0.25, 0.3) is 0 Å². The summed E-state index contributed by atoms with van der Waals surface area (Å²) >= 11 is 6.06. The summed E-state index contributed by atoms with van der Waals surface area (Å²) in [5.41, 5.74) is 0.650. The molecule has 1 saturated heterocycles. The number of aliphatic hydroxyl groups is 1. The van der Waals surface area contributed by atoms with Crippen LogP contribution in [-0.2, 0) is 4.79 Å². The Hall–Kier alpha value is -0.810. The van der Waals surface area contributed by atoms with Crippen LogP contribution in [0.3, 0.4) is 0 Å². The largest absolute Gasteiger partial charge is 0.387 e. The highest BCUT2D eigenvalue weighted by Gasteiger charge is 2.38. The molecule has 1 amide bonds. The van der Waals surface area contributed by atoms with E-state index in [4.69, 9.17) is 11.6 Å². The summed E-state index contributed by atoms with van der Waals surface area (Å²) in [6.07, 6.45) is 5.08. The maximum atomic E-state index is 12.3. The first-order valence-corrected chi connectivity index (χ1v) is 8.49. The maximum absolute atomic E-state index is 12.3. The van der Waals surface area contributed by atoms with E-state index in [-0.39, 0.29) is 30.9 Å². The van der Waals surface area contributed by atoms with Gasteiger partial charge in [0.2, 0.25) is 5.91 Å². The predicted octanol–water partition coefficient (Wildman–Crippen LogP) is 2.83. The third kappa shape index (κ3) is 4.38. The number of rotatable bonds is 4. The van der Waals surface area contributed by atoms with Crippen molar-refractivity contribution in [3.63, 3.8) is 0 Å². The fourth-order valence-electron chi connectivity index (χ4n) is 3.70. The molecule has 1 aromatic rings. The normalized spacial score (nSPS) is 27.7. The van der Waals surface area contributed by atoms with Crippen molar-refractivity contribution in [2.45, 2.75) is 50.3 Å². The number of carbonyl (C=O) groups is 1. The van der Waals surface area contributed by atoms with E-state index in [0.717, 1.165) is 6.42 Å². The Morgan fingerprint density at radius 1 is 1.35 bits per heavy atom. The molecule has 1 heterocycles. The number of benzene rings is 1. The van der Waals surface area contributed by atoms with Gasteiger partial charge >= 0.3 is 0 Å². The van der Waals surface area contributed by atoms with Crippen LogP contribution in [0.5, 0.6) is 0 Å². The van der Waals surface area contributed by atoms with E-state index in [2.05, 4.69) is 10.6 Å². The number of fused-ring (bicyclic) bond motifs is 1. The predicted molar refractivity (Wildman–Crippen MR) is 94.0 cm³/mol. The second kappa shape index (κ2) is 8.34. The van der Waals surface area contributed by atoms with E-state index >= 15 is 0 Å². The lowest BCUT2D eigenvalue weighted by Gasteiger charge is -2.24. The van der Waals surface area contributed by atoms with Crippen LogP contribution in [0.25, 0.3) is 0 Å². The molecule has 1 aromatic carbocycles. The topological polar surface area (TPSA) is 61.4 Å². The lowest BCUT2D eigenvalue weighted by atomic mass is 9.85. The number of nitrogens with one attached hydrogen (secondary N) is 2. The first-order valence-electron chi connectivity index (χ1n) is 8.11. The third-order valence-electron chi connectivity index (χ3n) is 4.91. The zero-order valence-electron chi connectivity index (χ0n) is 13.0. The Morgan fingerprint density at radius 3 is 2.83 bits per heavy atom. The Bertz CT molecular complexity index is 527. The highest BCUT2D eigenvalue weighted by atomic mass is 35.5. The van der Waals surface area contributed by atoms with Gasteiger partial charge in [0.1, 0.15) is 0 Å². The van der Waals surface area contributed by atoms with Gasteiger partial charge in [-0.15, -0.1) is 12.4 Å². The molecule has 3 N–H and O–H groups in total. The van der Waals surface area contributed by atoms with Gasteiger partial charge in [0, 0.05) is 23.2 Å². The SMILES string of the molecule is Cl.O=C(NCC(O)c1ccccc1Cl)C1CC2CCCCC2N1. The third-order valence-corrected chi connectivity index (χ3v) is 5.26. The van der Waals surface area contributed by atoms with E-state index in [1.54, 1.807) is 12.1 Å². The van der Waals surface area contributed by atoms with Gasteiger partial charge in [-0.3, -0.25) is 4.79 Å². The summed E-state index contributed by atoms with van der Waals surface area (Å²) in [6.45, 7) is 0.191. The second-order valence-corrected chi connectivity index (χ2v) is 6.80. The molecule has 1 saturated carbocycles. The summed E-state index contributed by atoms with van der Waals surface area (Å²) in [7, 11) is 0. The highest BCUT2D eigenvalue weighted by molar-refractivity contribution is 6.31. The molecule has 0 aromatic heterocycles. The Kier molecular flexibility index (Phi) is 6.72. The molecule has 1 aliphatic heterocycles. The number of amides is 1. The van der Waals surface area contributed by atoms with E-state index in [1.165, 1.54) is 25.7 Å². The zero-order chi connectivity index (χ0) is 15.5. The van der Waals surface area contributed by atoms with Gasteiger partial charge in [-0.25, -0.2) is 0 Å². The molecule has 0 spiro atoms. The van der Waals surface area contributed by atoms with Crippen molar-refractivity contribution in [2.75, 3.05) is 6.54 Å². The smallest absolute Gasteiger partial charge is 0.237 e. The van der Waals surface area contributed by atoms with Crippen molar-refractivity contribution in [2.24, 2.45) is 5.92 Å². The van der Waals surface area contributed by atoms with Crippen molar-refractivity contribution in [3.05, 3.63) is 34.9 Å². The number of carbonyl (C=O) groups excluding carboxylic acids is 1. The molecular weight excluding hydrogens is 335 g/mol. The quantitative estimate of drug-likeness (QED) is 0.775. The minimum atomic E-state index is -0.777. The number of hydrogen-bond acceptors (Lipinski definition) is 3. The van der Waals surface area contributed by atoms with Gasteiger partial charge < -0.3 is 15.7 Å². The number of halogens is 2. The maximum Gasteiger partial charge on any atom is 0.237 e. The summed E-state index contributed by atoms with van der Waals surface area (Å²) in [6, 6.07) is 7.55. The Balaban J connectivity index is 0.00000192. The highest BCUT2D eigenvalue weighted by Crippen LogP contribution is 2.33. The van der Waals surface area contributed by atoms with Crippen LogP contribution in [-0.4, -0.2) is 29.6 Å².